The van der Waals surface area contributed by atoms with Crippen molar-refractivity contribution in [2.24, 2.45) is 10.9 Å². The number of halogens is 1. The molecule has 1 heterocycles. The lowest BCUT2D eigenvalue weighted by Gasteiger charge is -2.25. The molecule has 0 aromatic carbocycles. The van der Waals surface area contributed by atoms with Crippen LogP contribution in [0.3, 0.4) is 0 Å². The second kappa shape index (κ2) is 2.57. The van der Waals surface area contributed by atoms with Crippen molar-refractivity contribution >= 4 is 25.9 Å². The van der Waals surface area contributed by atoms with Crippen LogP contribution in [0, 0.1) is 5.92 Å². The maximum absolute atomic E-state index is 11.4. The zero-order valence-corrected chi connectivity index (χ0v) is 7.90. The van der Waals surface area contributed by atoms with E-state index in [4.69, 9.17) is 11.6 Å². The van der Waals surface area contributed by atoms with E-state index in [1.807, 2.05) is 0 Å². The number of sulfone groups is 1. The molecule has 5 heteroatoms. The van der Waals surface area contributed by atoms with E-state index in [2.05, 4.69) is 4.99 Å². The molecule has 0 spiro atoms. The molecule has 0 aromatic heterocycles. The molecule has 1 saturated carbocycles. The first-order valence-corrected chi connectivity index (χ1v) is 5.67. The predicted octanol–water partition coefficient (Wildman–Crippen LogP) is 1.65. The van der Waals surface area contributed by atoms with Crippen molar-refractivity contribution < 1.29 is 8.42 Å². The van der Waals surface area contributed by atoms with Gasteiger partial charge >= 0.3 is 0 Å². The van der Waals surface area contributed by atoms with Gasteiger partial charge in [0.1, 0.15) is 0 Å². The summed E-state index contributed by atoms with van der Waals surface area (Å²) in [5.41, 5.74) is 0. The Bertz CT molecular complexity index is 365. The molecule has 0 amide bonds. The van der Waals surface area contributed by atoms with E-state index in [9.17, 15) is 8.42 Å². The topological polar surface area (TPSA) is 46.5 Å². The quantitative estimate of drug-likeness (QED) is 0.654. The van der Waals surface area contributed by atoms with Crippen LogP contribution < -0.4 is 0 Å². The molecule has 0 bridgehead atoms. The largest absolute Gasteiger partial charge is 0.232 e. The molecule has 1 aliphatic carbocycles. The van der Waals surface area contributed by atoms with E-state index in [1.54, 1.807) is 0 Å². The second-order valence-electron chi connectivity index (χ2n) is 3.04. The lowest BCUT2D eigenvalue weighted by atomic mass is 9.85. The minimum atomic E-state index is -3.35. The van der Waals surface area contributed by atoms with Gasteiger partial charge in [0.2, 0.25) is 14.3 Å². The summed E-state index contributed by atoms with van der Waals surface area (Å²) in [4.78, 5) is 4.02. The minimum Gasteiger partial charge on any atom is -0.232 e. The Morgan fingerprint density at radius 2 is 2.17 bits per heavy atom. The lowest BCUT2D eigenvalue weighted by molar-refractivity contribution is 0.379. The van der Waals surface area contributed by atoms with Gasteiger partial charge < -0.3 is 0 Å². The van der Waals surface area contributed by atoms with Crippen molar-refractivity contribution in [3.05, 3.63) is 11.1 Å². The zero-order valence-electron chi connectivity index (χ0n) is 6.33. The van der Waals surface area contributed by atoms with Crippen molar-refractivity contribution in [1.29, 1.82) is 0 Å². The number of rotatable bonds is 1. The van der Waals surface area contributed by atoms with Gasteiger partial charge in [-0.25, -0.2) is 13.4 Å². The Labute approximate surface area is 76.1 Å². The molecular weight excluding hydrogens is 198 g/mol. The second-order valence-corrected chi connectivity index (χ2v) is 5.49. The van der Waals surface area contributed by atoms with Crippen LogP contribution in [-0.4, -0.2) is 12.9 Å². The molecule has 0 N–H and O–H groups in total. The van der Waals surface area contributed by atoms with Gasteiger partial charge in [0.05, 0.1) is 4.91 Å². The minimum absolute atomic E-state index is 0.176. The van der Waals surface area contributed by atoms with Crippen molar-refractivity contribution in [3.8, 4) is 0 Å². The fourth-order valence-corrected chi connectivity index (χ4v) is 2.94. The van der Waals surface area contributed by atoms with Crippen LogP contribution in [0.15, 0.2) is 16.1 Å². The number of hydrogen-bond acceptors (Lipinski definition) is 3. The van der Waals surface area contributed by atoms with Gasteiger partial charge in [0.15, 0.2) is 0 Å². The molecule has 66 valence electrons. The van der Waals surface area contributed by atoms with E-state index >= 15 is 0 Å². The summed E-state index contributed by atoms with van der Waals surface area (Å²) in [7, 11) is -3.35. The van der Waals surface area contributed by atoms with Gasteiger partial charge in [-0.1, -0.05) is 6.42 Å². The van der Waals surface area contributed by atoms with Crippen molar-refractivity contribution in [2.45, 2.75) is 19.3 Å². The van der Waals surface area contributed by atoms with Gasteiger partial charge in [-0.15, -0.1) is 0 Å². The summed E-state index contributed by atoms with van der Waals surface area (Å²) < 4.78 is 22.5. The first-order valence-electron chi connectivity index (χ1n) is 3.81. The average Bonchev–Trinajstić information content (AvgIpc) is 2.12. The van der Waals surface area contributed by atoms with Crippen molar-refractivity contribution in [2.75, 3.05) is 0 Å². The molecule has 1 fully saturated rings. The van der Waals surface area contributed by atoms with Gasteiger partial charge in [0.25, 0.3) is 0 Å². The van der Waals surface area contributed by atoms with Crippen LogP contribution in [0.25, 0.3) is 0 Å². The smallest absolute Gasteiger partial charge is 0.232 e. The molecule has 0 radical (unpaired) electrons. The highest BCUT2D eigenvalue weighted by atomic mass is 35.5. The predicted molar refractivity (Wildman–Crippen MR) is 47.6 cm³/mol. The molecule has 2 aliphatic rings. The Morgan fingerprint density at radius 1 is 1.50 bits per heavy atom. The monoisotopic (exact) mass is 205 g/mol. The highest BCUT2D eigenvalue weighted by Gasteiger charge is 2.36. The van der Waals surface area contributed by atoms with Crippen LogP contribution in [0.1, 0.15) is 19.3 Å². The van der Waals surface area contributed by atoms with Crippen LogP contribution in [0.2, 0.25) is 0 Å². The maximum Gasteiger partial charge on any atom is 0.232 e. The number of nitrogens with zero attached hydrogens (tertiary/aromatic N) is 1. The standard InChI is InChI=1S/C7H8ClNO2S/c8-7-9-4-6(12(7,10)11)5-2-1-3-5/h4-5H,1-3H2. The maximum atomic E-state index is 11.4. The lowest BCUT2D eigenvalue weighted by Crippen LogP contribution is -2.20. The third-order valence-electron chi connectivity index (χ3n) is 2.33. The molecule has 0 unspecified atom stereocenters. The summed E-state index contributed by atoms with van der Waals surface area (Å²) in [5.74, 6) is 0.176. The Balaban J connectivity index is 2.32. The van der Waals surface area contributed by atoms with Gasteiger partial charge in [-0.2, -0.15) is 0 Å². The Hall–Kier alpha value is -0.350. The SMILES string of the molecule is O=S1(=O)C(C2CCC2)=CN=C1Cl. The number of hydrogen-bond donors (Lipinski definition) is 0. The van der Waals surface area contributed by atoms with E-state index in [0.29, 0.717) is 4.91 Å². The van der Waals surface area contributed by atoms with E-state index < -0.39 is 9.84 Å². The molecule has 1 aliphatic heterocycles. The van der Waals surface area contributed by atoms with Gasteiger partial charge in [0, 0.05) is 6.20 Å². The average molecular weight is 206 g/mol. The van der Waals surface area contributed by atoms with Crippen molar-refractivity contribution in [1.82, 2.24) is 0 Å². The third kappa shape index (κ3) is 1.02. The van der Waals surface area contributed by atoms with Crippen LogP contribution in [0.4, 0.5) is 0 Å². The molecular formula is C7H8ClNO2S. The van der Waals surface area contributed by atoms with E-state index in [0.717, 1.165) is 19.3 Å². The van der Waals surface area contributed by atoms with E-state index in [-0.39, 0.29) is 10.4 Å². The van der Waals surface area contributed by atoms with Crippen LogP contribution in [0.5, 0.6) is 0 Å². The molecule has 2 rings (SSSR count). The fraction of sp³-hybridized carbons (Fsp3) is 0.571. The van der Waals surface area contributed by atoms with Crippen LogP contribution in [-0.2, 0) is 9.84 Å². The molecule has 0 saturated heterocycles. The summed E-state index contributed by atoms with van der Waals surface area (Å²) in [6.45, 7) is 0. The molecule has 0 atom stereocenters. The highest BCUT2D eigenvalue weighted by Crippen LogP contribution is 2.38. The Kier molecular flexibility index (Phi) is 1.77. The van der Waals surface area contributed by atoms with Crippen molar-refractivity contribution in [3.63, 3.8) is 0 Å². The zero-order chi connectivity index (χ0) is 8.77. The Morgan fingerprint density at radius 3 is 2.50 bits per heavy atom. The van der Waals surface area contributed by atoms with E-state index in [1.165, 1.54) is 6.20 Å². The first kappa shape index (κ1) is 8.26. The third-order valence-corrected chi connectivity index (χ3v) is 4.65. The summed E-state index contributed by atoms with van der Waals surface area (Å²) in [5, 5.41) is 0. The normalized spacial score (nSPS) is 27.8. The molecule has 12 heavy (non-hydrogen) atoms. The number of aliphatic imine (C=N–C) groups is 1. The van der Waals surface area contributed by atoms with Crippen LogP contribution >= 0.6 is 11.6 Å². The summed E-state index contributed by atoms with van der Waals surface area (Å²) in [6, 6.07) is 0. The molecule has 3 nitrogen and oxygen atoms in total. The highest BCUT2D eigenvalue weighted by molar-refractivity contribution is 8.12. The van der Waals surface area contributed by atoms with Gasteiger partial charge in [-0.05, 0) is 30.4 Å². The first-order chi connectivity index (χ1) is 5.62. The fourth-order valence-electron chi connectivity index (χ4n) is 1.37. The number of allylic oxidation sites excluding steroid dienone is 1. The van der Waals surface area contributed by atoms with Gasteiger partial charge in [-0.3, -0.25) is 0 Å². The molecule has 0 aromatic rings. The summed E-state index contributed by atoms with van der Waals surface area (Å²) >= 11 is 5.43. The summed E-state index contributed by atoms with van der Waals surface area (Å²) in [6.07, 6.45) is 4.39.